The second-order valence-corrected chi connectivity index (χ2v) is 12.0. The van der Waals surface area contributed by atoms with Crippen molar-refractivity contribution >= 4 is 23.3 Å². The first kappa shape index (κ1) is 40.4. The van der Waals surface area contributed by atoms with Crippen LogP contribution in [0.25, 0.3) is 0 Å². The van der Waals surface area contributed by atoms with E-state index in [0.717, 1.165) is 74.4 Å². The van der Waals surface area contributed by atoms with E-state index >= 15 is 0 Å². The molecule has 12 nitrogen and oxygen atoms in total. The van der Waals surface area contributed by atoms with Gasteiger partial charge in [0.05, 0.1) is 26.4 Å². The fourth-order valence-corrected chi connectivity index (χ4v) is 4.80. The van der Waals surface area contributed by atoms with Crippen LogP contribution in [0, 0.1) is 21.6 Å². The van der Waals surface area contributed by atoms with Crippen molar-refractivity contribution in [3.05, 3.63) is 119 Å². The number of hydrogen-bond donors (Lipinski definition) is 8. The number of amidine groups is 4. The number of hydrogen-bond acceptors (Lipinski definition) is 8. The Morgan fingerprint density at radius 3 is 0.635 bits per heavy atom. The number of rotatable bonds is 22. The van der Waals surface area contributed by atoms with Crippen LogP contribution in [0.5, 0.6) is 23.0 Å². The molecule has 0 bridgehead atoms. The Balaban J connectivity index is 0.000000280. The Bertz CT molecular complexity index is 1420. The molecule has 12 heteroatoms. The molecule has 12 N–H and O–H groups in total. The summed E-state index contributed by atoms with van der Waals surface area (Å²) in [6, 6.07) is 29.0. The molecule has 276 valence electrons. The molecule has 0 spiro atoms. The highest BCUT2D eigenvalue weighted by Crippen LogP contribution is 2.16. The lowest BCUT2D eigenvalue weighted by Gasteiger charge is -2.08. The predicted octanol–water partition coefficient (Wildman–Crippen LogP) is 6.55. The van der Waals surface area contributed by atoms with Gasteiger partial charge in [-0.25, -0.2) is 0 Å². The number of nitrogens with one attached hydrogen (secondary N) is 4. The lowest BCUT2D eigenvalue weighted by atomic mass is 10.2. The molecule has 0 aromatic heterocycles. The van der Waals surface area contributed by atoms with Crippen molar-refractivity contribution in [1.82, 2.24) is 0 Å². The molecule has 0 fully saturated rings. The number of benzene rings is 4. The standard InChI is InChI=1S/2C20H26N4O2/c2*21-19(22)15-5-9-17(10-6-15)25-13-3-1-2-4-14-26-18-11-7-16(8-12-18)20(23)24/h2*5-12H,1-4,13-14H2,(H3,21,22)(H3,23,24). The largest absolute Gasteiger partial charge is 0.494 e. The van der Waals surface area contributed by atoms with Crippen LogP contribution in [0.15, 0.2) is 97.1 Å². The van der Waals surface area contributed by atoms with Gasteiger partial charge in [-0.1, -0.05) is 0 Å². The first-order chi connectivity index (χ1) is 25.1. The maximum absolute atomic E-state index is 7.35. The molecule has 0 heterocycles. The highest BCUT2D eigenvalue weighted by molar-refractivity contribution is 5.96. The van der Waals surface area contributed by atoms with E-state index in [-0.39, 0.29) is 23.3 Å². The second kappa shape index (κ2) is 22.6. The summed E-state index contributed by atoms with van der Waals surface area (Å²) in [5.41, 5.74) is 24.5. The first-order valence-electron chi connectivity index (χ1n) is 17.4. The molecule has 0 amide bonds. The smallest absolute Gasteiger partial charge is 0.122 e. The molecule has 0 unspecified atom stereocenters. The van der Waals surface area contributed by atoms with Gasteiger partial charge in [-0.3, -0.25) is 21.6 Å². The van der Waals surface area contributed by atoms with E-state index in [0.29, 0.717) is 48.7 Å². The van der Waals surface area contributed by atoms with Crippen molar-refractivity contribution in [2.75, 3.05) is 26.4 Å². The molecule has 4 aromatic rings. The number of nitrogen functional groups attached to an aromatic ring is 4. The Kier molecular flexibility index (Phi) is 17.6. The van der Waals surface area contributed by atoms with E-state index in [2.05, 4.69) is 0 Å². The van der Waals surface area contributed by atoms with Crippen molar-refractivity contribution in [2.24, 2.45) is 22.9 Å². The summed E-state index contributed by atoms with van der Waals surface area (Å²) in [7, 11) is 0. The minimum Gasteiger partial charge on any atom is -0.494 e. The molecular weight excluding hydrogens is 656 g/mol. The average Bonchev–Trinajstić information content (AvgIpc) is 3.14. The maximum atomic E-state index is 7.35. The molecule has 0 saturated carbocycles. The van der Waals surface area contributed by atoms with Crippen LogP contribution in [0.1, 0.15) is 73.6 Å². The molecule has 0 aliphatic rings. The van der Waals surface area contributed by atoms with Crippen molar-refractivity contribution in [3.8, 4) is 23.0 Å². The molecule has 0 radical (unpaired) electrons. The zero-order valence-electron chi connectivity index (χ0n) is 29.7. The zero-order valence-corrected chi connectivity index (χ0v) is 29.7. The molecule has 0 saturated heterocycles. The van der Waals surface area contributed by atoms with E-state index in [1.54, 1.807) is 48.5 Å². The van der Waals surface area contributed by atoms with Gasteiger partial charge < -0.3 is 41.9 Å². The molecule has 4 rings (SSSR count). The number of unbranched alkanes of at least 4 members (excludes halogenated alkanes) is 6. The van der Waals surface area contributed by atoms with Crippen molar-refractivity contribution in [2.45, 2.75) is 51.4 Å². The van der Waals surface area contributed by atoms with Gasteiger partial charge in [0.15, 0.2) is 0 Å². The summed E-state index contributed by atoms with van der Waals surface area (Å²) in [6.45, 7) is 2.69. The molecule has 0 aliphatic heterocycles. The number of ether oxygens (including phenoxy) is 4. The van der Waals surface area contributed by atoms with Gasteiger partial charge in [-0.15, -0.1) is 0 Å². The average molecular weight is 709 g/mol. The van der Waals surface area contributed by atoms with Crippen LogP contribution in [0.2, 0.25) is 0 Å². The normalized spacial score (nSPS) is 10.3. The minimum absolute atomic E-state index is 0.0635. The fraction of sp³-hybridized carbons (Fsp3) is 0.300. The Labute approximate surface area is 306 Å². The van der Waals surface area contributed by atoms with E-state index < -0.39 is 0 Å². The zero-order chi connectivity index (χ0) is 37.6. The van der Waals surface area contributed by atoms with Gasteiger partial charge in [-0.05, 0) is 148 Å². The SMILES string of the molecule is N=C(N)c1ccc(OCCCCCCOc2ccc(C(=N)N)cc2)cc1.N=C(N)c1ccc(OCCCCCCOc2ccc(C(=N)N)cc2)cc1. The van der Waals surface area contributed by atoms with E-state index in [4.69, 9.17) is 63.5 Å². The summed E-state index contributed by atoms with van der Waals surface area (Å²) in [4.78, 5) is 0. The predicted molar refractivity (Wildman–Crippen MR) is 209 cm³/mol. The third-order valence-corrected chi connectivity index (χ3v) is 7.81. The molecule has 52 heavy (non-hydrogen) atoms. The lowest BCUT2D eigenvalue weighted by molar-refractivity contribution is 0.287. The molecule has 0 aliphatic carbocycles. The second-order valence-electron chi connectivity index (χ2n) is 12.0. The van der Waals surface area contributed by atoms with E-state index in [1.807, 2.05) is 48.5 Å². The van der Waals surface area contributed by atoms with E-state index in [1.165, 1.54) is 0 Å². The highest BCUT2D eigenvalue weighted by Gasteiger charge is 2.02. The Morgan fingerprint density at radius 2 is 0.481 bits per heavy atom. The Hall–Kier alpha value is -6.04. The van der Waals surface area contributed by atoms with Crippen LogP contribution in [0.4, 0.5) is 0 Å². The van der Waals surface area contributed by atoms with Crippen LogP contribution < -0.4 is 41.9 Å². The summed E-state index contributed by atoms with van der Waals surface area (Å²) in [5.74, 6) is 3.45. The topological polar surface area (TPSA) is 236 Å². The monoisotopic (exact) mass is 708 g/mol. The number of nitrogens with two attached hydrogens (primary N) is 4. The van der Waals surface area contributed by atoms with Gasteiger partial charge in [-0.2, -0.15) is 0 Å². The van der Waals surface area contributed by atoms with Crippen molar-refractivity contribution < 1.29 is 18.9 Å². The lowest BCUT2D eigenvalue weighted by Crippen LogP contribution is -2.10. The summed E-state index contributed by atoms with van der Waals surface area (Å²) >= 11 is 0. The van der Waals surface area contributed by atoms with Gasteiger partial charge in [0.25, 0.3) is 0 Å². The first-order valence-corrected chi connectivity index (χ1v) is 17.4. The van der Waals surface area contributed by atoms with Crippen LogP contribution >= 0.6 is 0 Å². The highest BCUT2D eigenvalue weighted by atomic mass is 16.5. The molecule has 4 aromatic carbocycles. The van der Waals surface area contributed by atoms with Gasteiger partial charge in [0, 0.05) is 22.3 Å². The Morgan fingerprint density at radius 1 is 0.308 bits per heavy atom. The van der Waals surface area contributed by atoms with Crippen LogP contribution in [0.3, 0.4) is 0 Å². The van der Waals surface area contributed by atoms with Crippen molar-refractivity contribution in [1.29, 1.82) is 21.6 Å². The van der Waals surface area contributed by atoms with Gasteiger partial charge in [0.1, 0.15) is 46.3 Å². The van der Waals surface area contributed by atoms with Gasteiger partial charge >= 0.3 is 0 Å². The quantitative estimate of drug-likeness (QED) is 0.0253. The summed E-state index contributed by atoms with van der Waals surface area (Å²) < 4.78 is 22.7. The van der Waals surface area contributed by atoms with E-state index in [9.17, 15) is 0 Å². The molecular formula is C40H52N8O4. The third-order valence-electron chi connectivity index (χ3n) is 7.81. The van der Waals surface area contributed by atoms with Crippen LogP contribution in [-0.4, -0.2) is 49.8 Å². The van der Waals surface area contributed by atoms with Crippen LogP contribution in [-0.2, 0) is 0 Å². The maximum Gasteiger partial charge on any atom is 0.122 e. The van der Waals surface area contributed by atoms with Gasteiger partial charge in [0.2, 0.25) is 0 Å². The minimum atomic E-state index is 0.0635. The molecule has 0 atom stereocenters. The fourth-order valence-electron chi connectivity index (χ4n) is 4.80. The summed E-state index contributed by atoms with van der Waals surface area (Å²) in [5, 5.41) is 29.4. The third kappa shape index (κ3) is 15.7. The summed E-state index contributed by atoms with van der Waals surface area (Å²) in [6.07, 6.45) is 8.28. The van der Waals surface area contributed by atoms with Crippen molar-refractivity contribution in [3.63, 3.8) is 0 Å².